The summed E-state index contributed by atoms with van der Waals surface area (Å²) in [7, 11) is 0. The number of nitrogens with two attached hydrogens (primary N) is 1. The van der Waals surface area contributed by atoms with Crippen LogP contribution in [0.3, 0.4) is 0 Å². The van der Waals surface area contributed by atoms with Gasteiger partial charge in [-0.3, -0.25) is 4.79 Å². The van der Waals surface area contributed by atoms with Gasteiger partial charge in [0.1, 0.15) is 5.76 Å². The predicted octanol–water partition coefficient (Wildman–Crippen LogP) is 3.07. The summed E-state index contributed by atoms with van der Waals surface area (Å²) in [6, 6.07) is 7.78. The molecule has 0 aliphatic rings. The van der Waals surface area contributed by atoms with E-state index in [1.165, 1.54) is 6.92 Å². The van der Waals surface area contributed by atoms with Crippen molar-refractivity contribution in [2.45, 2.75) is 33.1 Å². The number of para-hydroxylation sites is 1. The number of aliphatic hydroxyl groups is 1. The highest BCUT2D eigenvalue weighted by Crippen LogP contribution is 2.29. The third-order valence-corrected chi connectivity index (χ3v) is 3.15. The monoisotopic (exact) mass is 319 g/mol. The fraction of sp³-hybridized carbons (Fsp3) is 0.312. The Bertz CT molecular complexity index is 639. The van der Waals surface area contributed by atoms with E-state index < -0.39 is 5.91 Å². The lowest BCUT2D eigenvalue weighted by Crippen LogP contribution is -2.19. The Morgan fingerprint density at radius 1 is 1.36 bits per heavy atom. The molecule has 1 aromatic rings. The van der Waals surface area contributed by atoms with Crippen LogP contribution in [-0.2, 0) is 10.2 Å². The highest BCUT2D eigenvalue weighted by atomic mass is 32.1. The zero-order chi connectivity index (χ0) is 16.9. The van der Waals surface area contributed by atoms with E-state index in [-0.39, 0.29) is 21.9 Å². The lowest BCUT2D eigenvalue weighted by molar-refractivity contribution is -0.114. The summed E-state index contributed by atoms with van der Waals surface area (Å²) in [6.45, 7) is 7.66. The van der Waals surface area contributed by atoms with Gasteiger partial charge in [0.05, 0.1) is 5.57 Å². The molecule has 1 amide bonds. The van der Waals surface area contributed by atoms with Crippen LogP contribution in [0, 0.1) is 0 Å². The molecular weight excluding hydrogens is 298 g/mol. The van der Waals surface area contributed by atoms with Gasteiger partial charge in [0.15, 0.2) is 5.11 Å². The second kappa shape index (κ2) is 7.17. The van der Waals surface area contributed by atoms with Gasteiger partial charge in [-0.15, -0.1) is 0 Å². The van der Waals surface area contributed by atoms with E-state index in [0.717, 1.165) is 17.5 Å². The van der Waals surface area contributed by atoms with Crippen LogP contribution >= 0.6 is 12.2 Å². The number of nitrogens with zero attached hydrogens (tertiary/aromatic N) is 1. The normalized spacial score (nSPS) is 12.9. The quantitative estimate of drug-likeness (QED) is 0.346. The van der Waals surface area contributed by atoms with E-state index in [1.54, 1.807) is 0 Å². The van der Waals surface area contributed by atoms with Crippen LogP contribution in [-0.4, -0.2) is 22.3 Å². The number of carbonyl (C=O) groups is 1. The van der Waals surface area contributed by atoms with Gasteiger partial charge < -0.3 is 16.2 Å². The molecule has 22 heavy (non-hydrogen) atoms. The first-order valence-corrected chi connectivity index (χ1v) is 7.18. The number of carbonyl (C=O) groups excluding carboxylic acids is 1. The van der Waals surface area contributed by atoms with E-state index in [0.29, 0.717) is 0 Å². The minimum absolute atomic E-state index is 0.0527. The largest absolute Gasteiger partial charge is 0.512 e. The van der Waals surface area contributed by atoms with Crippen molar-refractivity contribution in [3.63, 3.8) is 0 Å². The molecule has 0 aliphatic carbocycles. The maximum Gasteiger partial charge on any atom is 0.253 e. The summed E-state index contributed by atoms with van der Waals surface area (Å²) in [4.78, 5) is 15.1. The number of hydrogen-bond acceptors (Lipinski definition) is 3. The van der Waals surface area contributed by atoms with Crippen LogP contribution < -0.4 is 11.1 Å². The standard InChI is InChI=1S/C16H21N3O2S/c1-10(20)11(14(17)21)9-18-15(22)19-13-8-6-5-7-12(13)16(2,3)4/h5-9,20H,1-4H3,(H2,17,21)(H,19,22). The summed E-state index contributed by atoms with van der Waals surface area (Å²) >= 11 is 5.14. The number of thiocarbonyl (C=S) groups is 1. The second-order valence-electron chi connectivity index (χ2n) is 5.85. The first kappa shape index (κ1) is 17.8. The smallest absolute Gasteiger partial charge is 0.253 e. The molecule has 5 nitrogen and oxygen atoms in total. The third kappa shape index (κ3) is 4.96. The Hall–Kier alpha value is -2.21. The fourth-order valence-electron chi connectivity index (χ4n) is 1.85. The molecule has 4 N–H and O–H groups in total. The Morgan fingerprint density at radius 2 is 1.95 bits per heavy atom. The van der Waals surface area contributed by atoms with E-state index in [4.69, 9.17) is 18.0 Å². The zero-order valence-corrected chi connectivity index (χ0v) is 14.0. The van der Waals surface area contributed by atoms with Crippen molar-refractivity contribution in [2.75, 3.05) is 5.32 Å². The highest BCUT2D eigenvalue weighted by Gasteiger charge is 2.17. The number of allylic oxidation sites excluding steroid dienone is 1. The van der Waals surface area contributed by atoms with Crippen LogP contribution in [0.5, 0.6) is 0 Å². The number of aliphatic hydroxyl groups excluding tert-OH is 1. The Labute approximate surface area is 135 Å². The van der Waals surface area contributed by atoms with Crippen LogP contribution in [0.2, 0.25) is 0 Å². The number of anilines is 1. The minimum Gasteiger partial charge on any atom is -0.512 e. The van der Waals surface area contributed by atoms with Crippen molar-refractivity contribution in [3.05, 3.63) is 41.2 Å². The van der Waals surface area contributed by atoms with E-state index in [1.807, 2.05) is 24.3 Å². The van der Waals surface area contributed by atoms with Crippen molar-refractivity contribution >= 4 is 35.1 Å². The summed E-state index contributed by atoms with van der Waals surface area (Å²) in [5.41, 5.74) is 6.96. The van der Waals surface area contributed by atoms with Gasteiger partial charge in [0.25, 0.3) is 5.91 Å². The SMILES string of the molecule is CC(O)=C(C=NC(=S)Nc1ccccc1C(C)(C)C)C(N)=O. The molecule has 0 aromatic heterocycles. The number of hydrogen-bond donors (Lipinski definition) is 3. The maximum atomic E-state index is 11.1. The molecule has 0 unspecified atom stereocenters. The molecule has 0 saturated carbocycles. The summed E-state index contributed by atoms with van der Waals surface area (Å²) < 4.78 is 0. The summed E-state index contributed by atoms with van der Waals surface area (Å²) in [5, 5.41) is 12.6. The molecule has 0 radical (unpaired) electrons. The van der Waals surface area contributed by atoms with Gasteiger partial charge in [-0.2, -0.15) is 0 Å². The molecule has 0 fully saturated rings. The van der Waals surface area contributed by atoms with Gasteiger partial charge in [0.2, 0.25) is 0 Å². The molecule has 0 heterocycles. The van der Waals surface area contributed by atoms with Crippen LogP contribution in [0.25, 0.3) is 0 Å². The first-order chi connectivity index (χ1) is 10.1. The molecule has 1 aromatic carbocycles. The molecule has 0 saturated heterocycles. The minimum atomic E-state index is -0.762. The predicted molar refractivity (Wildman–Crippen MR) is 94.4 cm³/mol. The van der Waals surface area contributed by atoms with Crippen molar-refractivity contribution in [1.82, 2.24) is 0 Å². The Balaban J connectivity index is 2.96. The average molecular weight is 319 g/mol. The van der Waals surface area contributed by atoms with Gasteiger partial charge in [-0.1, -0.05) is 39.0 Å². The lowest BCUT2D eigenvalue weighted by Gasteiger charge is -2.23. The fourth-order valence-corrected chi connectivity index (χ4v) is 2.01. The van der Waals surface area contributed by atoms with E-state index >= 15 is 0 Å². The average Bonchev–Trinajstić information content (AvgIpc) is 2.37. The number of rotatable bonds is 3. The highest BCUT2D eigenvalue weighted by molar-refractivity contribution is 7.80. The van der Waals surface area contributed by atoms with Crippen molar-refractivity contribution in [1.29, 1.82) is 0 Å². The number of benzene rings is 1. The topological polar surface area (TPSA) is 87.7 Å². The van der Waals surface area contributed by atoms with Gasteiger partial charge in [-0.05, 0) is 36.2 Å². The molecule has 1 rings (SSSR count). The van der Waals surface area contributed by atoms with Crippen molar-refractivity contribution in [2.24, 2.45) is 10.7 Å². The van der Waals surface area contributed by atoms with E-state index in [9.17, 15) is 9.90 Å². The van der Waals surface area contributed by atoms with Crippen molar-refractivity contribution < 1.29 is 9.90 Å². The van der Waals surface area contributed by atoms with Gasteiger partial charge in [-0.25, -0.2) is 4.99 Å². The number of nitrogens with one attached hydrogen (secondary N) is 1. The van der Waals surface area contributed by atoms with Gasteiger partial charge >= 0.3 is 0 Å². The number of amides is 1. The number of primary amides is 1. The summed E-state index contributed by atoms with van der Waals surface area (Å²) in [5.74, 6) is -0.962. The van der Waals surface area contributed by atoms with E-state index in [2.05, 4.69) is 31.1 Å². The molecule has 118 valence electrons. The number of aliphatic imine (C=N–C) groups is 1. The summed E-state index contributed by atoms with van der Waals surface area (Å²) in [6.07, 6.45) is 1.16. The second-order valence-corrected chi connectivity index (χ2v) is 6.23. The lowest BCUT2D eigenvalue weighted by atomic mass is 9.86. The third-order valence-electron chi connectivity index (χ3n) is 2.94. The molecular formula is C16H21N3O2S. The molecule has 0 aliphatic heterocycles. The first-order valence-electron chi connectivity index (χ1n) is 6.77. The molecule has 0 spiro atoms. The van der Waals surface area contributed by atoms with Gasteiger partial charge in [0, 0.05) is 11.9 Å². The maximum absolute atomic E-state index is 11.1. The van der Waals surface area contributed by atoms with Crippen LogP contribution in [0.15, 0.2) is 40.6 Å². The van der Waals surface area contributed by atoms with Crippen LogP contribution in [0.4, 0.5) is 5.69 Å². The zero-order valence-electron chi connectivity index (χ0n) is 13.2. The molecule has 0 bridgehead atoms. The molecule has 6 heteroatoms. The van der Waals surface area contributed by atoms with Crippen LogP contribution in [0.1, 0.15) is 33.3 Å². The van der Waals surface area contributed by atoms with Crippen molar-refractivity contribution in [3.8, 4) is 0 Å². The molecule has 0 atom stereocenters. The Kier molecular flexibility index (Phi) is 5.82. The Morgan fingerprint density at radius 3 is 2.45 bits per heavy atom.